The average molecular weight is 426 g/mol. The van der Waals surface area contributed by atoms with Gasteiger partial charge in [0.2, 0.25) is 0 Å². The maximum absolute atomic E-state index is 13.3. The van der Waals surface area contributed by atoms with Crippen LogP contribution >= 0.6 is 0 Å². The van der Waals surface area contributed by atoms with Crippen molar-refractivity contribution in [1.82, 2.24) is 25.1 Å². The third kappa shape index (κ3) is 4.85. The number of nitrogens with one attached hydrogen (secondary N) is 1. The number of hydrogen-bond acceptors (Lipinski definition) is 7. The van der Waals surface area contributed by atoms with E-state index in [1.165, 1.54) is 18.5 Å². The average Bonchev–Trinajstić information content (AvgIpc) is 2.77. The van der Waals surface area contributed by atoms with Crippen LogP contribution in [-0.4, -0.2) is 38.2 Å². The fourth-order valence-corrected chi connectivity index (χ4v) is 2.93. The van der Waals surface area contributed by atoms with Crippen molar-refractivity contribution >= 4 is 16.7 Å². The second kappa shape index (κ2) is 8.90. The Hall–Kier alpha value is -3.82. The van der Waals surface area contributed by atoms with Gasteiger partial charge in [0.1, 0.15) is 35.8 Å². The van der Waals surface area contributed by atoms with Gasteiger partial charge in [-0.2, -0.15) is 10.2 Å². The molecule has 0 aliphatic heterocycles. The van der Waals surface area contributed by atoms with Crippen LogP contribution in [0.5, 0.6) is 5.75 Å². The molecule has 0 saturated carbocycles. The summed E-state index contributed by atoms with van der Waals surface area (Å²) >= 11 is 0. The number of halogens is 3. The number of hydrogen-bond donors (Lipinski definition) is 1. The van der Waals surface area contributed by atoms with E-state index in [-0.39, 0.29) is 5.75 Å². The quantitative estimate of drug-likeness (QED) is 0.474. The lowest BCUT2D eigenvalue weighted by atomic mass is 10.1. The zero-order valence-corrected chi connectivity index (χ0v) is 16.4. The highest BCUT2D eigenvalue weighted by atomic mass is 19.3. The molecule has 10 heteroatoms. The fraction of sp³-hybridized carbons (Fsp3) is 0.190. The Bertz CT molecular complexity index is 1190. The molecule has 0 aliphatic rings. The molecule has 3 heterocycles. The third-order valence-corrected chi connectivity index (χ3v) is 4.38. The number of benzene rings is 1. The van der Waals surface area contributed by atoms with E-state index in [4.69, 9.17) is 4.74 Å². The Labute approximate surface area is 175 Å². The van der Waals surface area contributed by atoms with Crippen LogP contribution in [0.25, 0.3) is 22.2 Å². The van der Waals surface area contributed by atoms with Crippen LogP contribution in [-0.2, 0) is 6.54 Å². The van der Waals surface area contributed by atoms with Crippen molar-refractivity contribution in [1.29, 1.82) is 0 Å². The summed E-state index contributed by atoms with van der Waals surface area (Å²) in [6.07, 6.45) is -0.255. The van der Waals surface area contributed by atoms with Crippen molar-refractivity contribution in [2.24, 2.45) is 0 Å². The molecular formula is C21H17F3N6O. The molecule has 0 saturated heterocycles. The van der Waals surface area contributed by atoms with Gasteiger partial charge in [0.05, 0.1) is 29.8 Å². The zero-order valence-electron chi connectivity index (χ0n) is 16.4. The van der Waals surface area contributed by atoms with Gasteiger partial charge in [-0.3, -0.25) is 4.98 Å². The fourth-order valence-electron chi connectivity index (χ4n) is 2.93. The number of aromatic nitrogens is 5. The number of rotatable bonds is 7. The van der Waals surface area contributed by atoms with Gasteiger partial charge in [-0.1, -0.05) is 0 Å². The smallest absolute Gasteiger partial charge is 0.272 e. The lowest BCUT2D eigenvalue weighted by Crippen LogP contribution is -2.09. The van der Waals surface area contributed by atoms with E-state index in [1.54, 1.807) is 12.1 Å². The number of ether oxygens (including phenoxy) is 1. The molecule has 0 unspecified atom stereocenters. The van der Waals surface area contributed by atoms with Crippen LogP contribution in [0.2, 0.25) is 0 Å². The second-order valence-electron chi connectivity index (χ2n) is 6.68. The summed E-state index contributed by atoms with van der Waals surface area (Å²) in [7, 11) is 0. The van der Waals surface area contributed by atoms with E-state index < -0.39 is 18.8 Å². The van der Waals surface area contributed by atoms with E-state index in [1.807, 2.05) is 19.1 Å². The van der Waals surface area contributed by atoms with Gasteiger partial charge in [0.25, 0.3) is 6.43 Å². The van der Waals surface area contributed by atoms with Gasteiger partial charge in [0, 0.05) is 10.9 Å². The summed E-state index contributed by atoms with van der Waals surface area (Å²) in [4.78, 5) is 12.5. The molecule has 3 aromatic heterocycles. The van der Waals surface area contributed by atoms with Crippen LogP contribution in [0.1, 0.15) is 11.4 Å². The molecule has 7 nitrogen and oxygen atoms in total. The first-order valence-corrected chi connectivity index (χ1v) is 9.34. The predicted molar refractivity (Wildman–Crippen MR) is 108 cm³/mol. The number of nitrogens with zero attached hydrogens (tertiary/aromatic N) is 5. The Morgan fingerprint density at radius 1 is 1.03 bits per heavy atom. The number of alkyl halides is 2. The molecule has 1 aromatic carbocycles. The van der Waals surface area contributed by atoms with Gasteiger partial charge in [-0.15, -0.1) is 0 Å². The van der Waals surface area contributed by atoms with Crippen molar-refractivity contribution in [2.75, 3.05) is 11.9 Å². The number of anilines is 1. The highest BCUT2D eigenvalue weighted by molar-refractivity contribution is 5.96. The minimum atomic E-state index is -2.65. The SMILES string of the molecule is Cc1ccc(CNc2ncnc3c(OCC(F)F)cc(-c4ccc(F)cn4)cc23)nn1. The molecule has 0 spiro atoms. The summed E-state index contributed by atoms with van der Waals surface area (Å²) in [6, 6.07) is 9.73. The predicted octanol–water partition coefficient (Wildman–Crippen LogP) is 4.19. The number of aryl methyl sites for hydroxylation is 1. The zero-order chi connectivity index (χ0) is 21.8. The summed E-state index contributed by atoms with van der Waals surface area (Å²) in [6.45, 7) is 1.39. The molecule has 1 N–H and O–H groups in total. The lowest BCUT2D eigenvalue weighted by Gasteiger charge is -2.14. The molecular weight excluding hydrogens is 409 g/mol. The monoisotopic (exact) mass is 426 g/mol. The molecule has 0 bridgehead atoms. The largest absolute Gasteiger partial charge is 0.485 e. The highest BCUT2D eigenvalue weighted by Gasteiger charge is 2.15. The first-order valence-electron chi connectivity index (χ1n) is 9.34. The summed E-state index contributed by atoms with van der Waals surface area (Å²) in [5.41, 5.74) is 2.85. The third-order valence-electron chi connectivity index (χ3n) is 4.38. The van der Waals surface area contributed by atoms with Gasteiger partial charge in [0.15, 0.2) is 0 Å². The van der Waals surface area contributed by atoms with Crippen LogP contribution in [0.3, 0.4) is 0 Å². The van der Waals surface area contributed by atoms with E-state index in [0.29, 0.717) is 40.2 Å². The first-order chi connectivity index (χ1) is 15.0. The number of pyridine rings is 1. The molecule has 0 atom stereocenters. The lowest BCUT2D eigenvalue weighted by molar-refractivity contribution is 0.0826. The van der Waals surface area contributed by atoms with Gasteiger partial charge in [-0.25, -0.2) is 23.1 Å². The normalized spacial score (nSPS) is 11.1. The first kappa shape index (κ1) is 20.5. The molecule has 4 rings (SSSR count). The van der Waals surface area contributed by atoms with Crippen LogP contribution in [0, 0.1) is 12.7 Å². The minimum Gasteiger partial charge on any atom is -0.485 e. The molecule has 4 aromatic rings. The molecule has 31 heavy (non-hydrogen) atoms. The summed E-state index contributed by atoms with van der Waals surface area (Å²) in [5, 5.41) is 11.8. The maximum Gasteiger partial charge on any atom is 0.272 e. The second-order valence-corrected chi connectivity index (χ2v) is 6.68. The minimum absolute atomic E-state index is 0.152. The van der Waals surface area contributed by atoms with Crippen LogP contribution in [0.15, 0.2) is 48.9 Å². The van der Waals surface area contributed by atoms with Gasteiger partial charge in [-0.05, 0) is 43.3 Å². The van der Waals surface area contributed by atoms with Crippen molar-refractivity contribution in [3.8, 4) is 17.0 Å². The highest BCUT2D eigenvalue weighted by Crippen LogP contribution is 2.34. The van der Waals surface area contributed by atoms with Crippen LogP contribution < -0.4 is 10.1 Å². The Balaban J connectivity index is 1.75. The molecule has 0 radical (unpaired) electrons. The van der Waals surface area contributed by atoms with Gasteiger partial charge >= 0.3 is 0 Å². The topological polar surface area (TPSA) is 85.7 Å². The van der Waals surface area contributed by atoms with E-state index >= 15 is 0 Å². The van der Waals surface area contributed by atoms with Gasteiger partial charge < -0.3 is 10.1 Å². The Morgan fingerprint density at radius 3 is 2.61 bits per heavy atom. The van der Waals surface area contributed by atoms with E-state index in [9.17, 15) is 13.2 Å². The molecule has 0 aliphatic carbocycles. The van der Waals surface area contributed by atoms with E-state index in [0.717, 1.165) is 11.9 Å². The summed E-state index contributed by atoms with van der Waals surface area (Å²) in [5.74, 6) is 0.126. The van der Waals surface area contributed by atoms with Crippen LogP contribution in [0.4, 0.5) is 19.0 Å². The molecule has 158 valence electrons. The Morgan fingerprint density at radius 2 is 1.90 bits per heavy atom. The number of fused-ring (bicyclic) bond motifs is 1. The summed E-state index contributed by atoms with van der Waals surface area (Å²) < 4.78 is 44.1. The maximum atomic E-state index is 13.3. The molecule has 0 amide bonds. The van der Waals surface area contributed by atoms with Crippen molar-refractivity contribution in [3.05, 3.63) is 66.1 Å². The van der Waals surface area contributed by atoms with Crippen molar-refractivity contribution < 1.29 is 17.9 Å². The molecule has 0 fully saturated rings. The van der Waals surface area contributed by atoms with E-state index in [2.05, 4.69) is 30.5 Å². The van der Waals surface area contributed by atoms with Crippen molar-refractivity contribution in [3.63, 3.8) is 0 Å². The Kier molecular flexibility index (Phi) is 5.87. The standard InChI is InChI=1S/C21H17F3N6O/c1-12-2-4-15(30-29-12)9-26-21-16-6-13(17-5-3-14(22)8-25-17)7-18(31-10-19(23)24)20(16)27-11-28-21/h2-8,11,19H,9-10H2,1H3,(H,26,27,28). The van der Waals surface area contributed by atoms with Crippen molar-refractivity contribution in [2.45, 2.75) is 19.9 Å².